The van der Waals surface area contributed by atoms with Crippen LogP contribution in [0.25, 0.3) is 0 Å². The van der Waals surface area contributed by atoms with E-state index in [4.69, 9.17) is 0 Å². The Morgan fingerprint density at radius 1 is 1.08 bits per heavy atom. The molecule has 2 N–H and O–H groups in total. The fourth-order valence-electron chi connectivity index (χ4n) is 2.60. The van der Waals surface area contributed by atoms with E-state index >= 15 is 0 Å². The second-order valence-electron chi connectivity index (χ2n) is 6.23. The molecule has 1 heterocycles. The Morgan fingerprint density at radius 2 is 1.76 bits per heavy atom. The van der Waals surface area contributed by atoms with Crippen LogP contribution in [-0.2, 0) is 0 Å². The maximum Gasteiger partial charge on any atom is 0.276 e. The molecule has 0 bridgehead atoms. The standard InChI is InChI=1S/C20H22N4O/c1-14(2)17-13-18(23-22-17)20(25)21-16-11-7-8-12-19(16)24(3)15-9-5-4-6-10-15/h4-14H,1-3H3,(H,21,25)(H,22,23). The molecule has 128 valence electrons. The van der Waals surface area contributed by atoms with Crippen LogP contribution < -0.4 is 10.2 Å². The summed E-state index contributed by atoms with van der Waals surface area (Å²) in [6.07, 6.45) is 0. The fraction of sp³-hybridized carbons (Fsp3) is 0.200. The summed E-state index contributed by atoms with van der Waals surface area (Å²) < 4.78 is 0. The van der Waals surface area contributed by atoms with E-state index in [-0.39, 0.29) is 5.91 Å². The lowest BCUT2D eigenvalue weighted by molar-refractivity contribution is 0.102. The van der Waals surface area contributed by atoms with Gasteiger partial charge >= 0.3 is 0 Å². The van der Waals surface area contributed by atoms with Crippen LogP contribution >= 0.6 is 0 Å². The molecular formula is C20H22N4O. The van der Waals surface area contributed by atoms with Crippen LogP contribution in [0.4, 0.5) is 17.1 Å². The van der Waals surface area contributed by atoms with Gasteiger partial charge in [-0.15, -0.1) is 0 Å². The summed E-state index contributed by atoms with van der Waals surface area (Å²) >= 11 is 0. The van der Waals surface area contributed by atoms with Crippen molar-refractivity contribution < 1.29 is 4.79 Å². The van der Waals surface area contributed by atoms with Crippen LogP contribution in [0.15, 0.2) is 60.7 Å². The van der Waals surface area contributed by atoms with Gasteiger partial charge in [-0.25, -0.2) is 0 Å². The summed E-state index contributed by atoms with van der Waals surface area (Å²) in [5, 5.41) is 10.00. The van der Waals surface area contributed by atoms with E-state index in [0.29, 0.717) is 11.6 Å². The number of benzene rings is 2. The Balaban J connectivity index is 1.84. The molecule has 25 heavy (non-hydrogen) atoms. The second-order valence-corrected chi connectivity index (χ2v) is 6.23. The first-order valence-corrected chi connectivity index (χ1v) is 8.30. The maximum atomic E-state index is 12.5. The number of hydrogen-bond acceptors (Lipinski definition) is 3. The van der Waals surface area contributed by atoms with E-state index < -0.39 is 0 Å². The minimum absolute atomic E-state index is 0.225. The van der Waals surface area contributed by atoms with Gasteiger partial charge in [-0.05, 0) is 36.2 Å². The van der Waals surface area contributed by atoms with Crippen molar-refractivity contribution >= 4 is 23.0 Å². The number of hydrogen-bond donors (Lipinski definition) is 2. The molecular weight excluding hydrogens is 312 g/mol. The number of carbonyl (C=O) groups is 1. The van der Waals surface area contributed by atoms with E-state index in [1.807, 2.05) is 66.5 Å². The van der Waals surface area contributed by atoms with Crippen molar-refractivity contribution in [2.45, 2.75) is 19.8 Å². The van der Waals surface area contributed by atoms with Gasteiger partial charge in [-0.2, -0.15) is 5.10 Å². The Bertz CT molecular complexity index is 855. The molecule has 5 nitrogen and oxygen atoms in total. The van der Waals surface area contributed by atoms with Gasteiger partial charge in [-0.3, -0.25) is 9.89 Å². The Labute approximate surface area is 147 Å². The molecule has 0 radical (unpaired) electrons. The molecule has 5 heteroatoms. The van der Waals surface area contributed by atoms with Crippen LogP contribution in [0.2, 0.25) is 0 Å². The third-order valence-electron chi connectivity index (χ3n) is 4.11. The largest absolute Gasteiger partial charge is 0.343 e. The monoisotopic (exact) mass is 334 g/mol. The zero-order valence-corrected chi connectivity index (χ0v) is 14.7. The summed E-state index contributed by atoms with van der Waals surface area (Å²) in [5.41, 5.74) is 4.04. The number of aromatic amines is 1. The highest BCUT2D eigenvalue weighted by Crippen LogP contribution is 2.30. The van der Waals surface area contributed by atoms with Crippen LogP contribution in [0, 0.1) is 0 Å². The molecule has 1 amide bonds. The lowest BCUT2D eigenvalue weighted by Crippen LogP contribution is -2.17. The van der Waals surface area contributed by atoms with Crippen LogP contribution in [0.3, 0.4) is 0 Å². The molecule has 2 aromatic carbocycles. The number of nitrogens with zero attached hydrogens (tertiary/aromatic N) is 2. The molecule has 3 aromatic rings. The molecule has 0 aliphatic rings. The highest BCUT2D eigenvalue weighted by atomic mass is 16.1. The first-order valence-electron chi connectivity index (χ1n) is 8.30. The minimum Gasteiger partial charge on any atom is -0.343 e. The van der Waals surface area contributed by atoms with Crippen LogP contribution in [-0.4, -0.2) is 23.2 Å². The van der Waals surface area contributed by atoms with Crippen molar-refractivity contribution in [1.82, 2.24) is 10.2 Å². The zero-order valence-electron chi connectivity index (χ0n) is 14.7. The predicted octanol–water partition coefficient (Wildman–Crippen LogP) is 4.55. The van der Waals surface area contributed by atoms with Crippen LogP contribution in [0.5, 0.6) is 0 Å². The highest BCUT2D eigenvalue weighted by molar-refractivity contribution is 6.05. The van der Waals surface area contributed by atoms with Crippen molar-refractivity contribution in [3.8, 4) is 0 Å². The zero-order chi connectivity index (χ0) is 17.8. The van der Waals surface area contributed by atoms with Crippen LogP contribution in [0.1, 0.15) is 35.9 Å². The van der Waals surface area contributed by atoms with Gasteiger partial charge < -0.3 is 10.2 Å². The molecule has 0 saturated heterocycles. The molecule has 0 fully saturated rings. The Hall–Kier alpha value is -3.08. The van der Waals surface area contributed by atoms with E-state index in [9.17, 15) is 4.79 Å². The number of rotatable bonds is 5. The predicted molar refractivity (Wildman–Crippen MR) is 102 cm³/mol. The Kier molecular flexibility index (Phi) is 4.84. The quantitative estimate of drug-likeness (QED) is 0.719. The number of carbonyl (C=O) groups excluding carboxylic acids is 1. The molecule has 3 rings (SSSR count). The van der Waals surface area contributed by atoms with Crippen molar-refractivity contribution in [3.63, 3.8) is 0 Å². The lowest BCUT2D eigenvalue weighted by Gasteiger charge is -2.22. The Morgan fingerprint density at radius 3 is 2.44 bits per heavy atom. The minimum atomic E-state index is -0.225. The summed E-state index contributed by atoms with van der Waals surface area (Å²) in [4.78, 5) is 14.6. The first kappa shape index (κ1) is 16.8. The van der Waals surface area contributed by atoms with Gasteiger partial charge in [0.15, 0.2) is 5.69 Å². The SMILES string of the molecule is CC(C)c1cc(C(=O)Nc2ccccc2N(C)c2ccccc2)n[nH]1. The average molecular weight is 334 g/mol. The van der Waals surface area contributed by atoms with E-state index in [2.05, 4.69) is 29.4 Å². The summed E-state index contributed by atoms with van der Waals surface area (Å²) in [5.74, 6) is 0.0719. The number of para-hydroxylation sites is 3. The molecule has 1 aromatic heterocycles. The topological polar surface area (TPSA) is 61.0 Å². The molecule has 0 spiro atoms. The third-order valence-corrected chi connectivity index (χ3v) is 4.11. The normalized spacial score (nSPS) is 10.7. The molecule has 0 saturated carbocycles. The van der Waals surface area contributed by atoms with E-state index in [0.717, 1.165) is 22.8 Å². The molecule has 0 atom stereocenters. The molecule has 0 aliphatic carbocycles. The number of aromatic nitrogens is 2. The van der Waals surface area contributed by atoms with Gasteiger partial charge in [0.25, 0.3) is 5.91 Å². The van der Waals surface area contributed by atoms with E-state index in [1.165, 1.54) is 0 Å². The van der Waals surface area contributed by atoms with Gasteiger partial charge in [0.05, 0.1) is 11.4 Å². The van der Waals surface area contributed by atoms with E-state index in [1.54, 1.807) is 6.07 Å². The maximum absolute atomic E-state index is 12.5. The number of amides is 1. The van der Waals surface area contributed by atoms with Crippen molar-refractivity contribution in [1.29, 1.82) is 0 Å². The second kappa shape index (κ2) is 7.21. The van der Waals surface area contributed by atoms with Gasteiger partial charge in [-0.1, -0.05) is 44.2 Å². The van der Waals surface area contributed by atoms with Crippen molar-refractivity contribution in [2.75, 3.05) is 17.3 Å². The van der Waals surface area contributed by atoms with Crippen molar-refractivity contribution in [2.24, 2.45) is 0 Å². The number of anilines is 3. The van der Waals surface area contributed by atoms with Gasteiger partial charge in [0.2, 0.25) is 0 Å². The first-order chi connectivity index (χ1) is 12.1. The average Bonchev–Trinajstić information content (AvgIpc) is 3.13. The summed E-state index contributed by atoms with van der Waals surface area (Å²) in [7, 11) is 1.98. The number of nitrogens with one attached hydrogen (secondary N) is 2. The summed E-state index contributed by atoms with van der Waals surface area (Å²) in [6, 6.07) is 19.5. The summed E-state index contributed by atoms with van der Waals surface area (Å²) in [6.45, 7) is 4.11. The molecule has 0 aliphatic heterocycles. The third kappa shape index (κ3) is 3.71. The van der Waals surface area contributed by atoms with Gasteiger partial charge in [0.1, 0.15) is 0 Å². The number of H-pyrrole nitrogens is 1. The van der Waals surface area contributed by atoms with Gasteiger partial charge in [0, 0.05) is 18.4 Å². The smallest absolute Gasteiger partial charge is 0.276 e. The highest BCUT2D eigenvalue weighted by Gasteiger charge is 2.15. The van der Waals surface area contributed by atoms with Crippen molar-refractivity contribution in [3.05, 3.63) is 72.1 Å². The molecule has 0 unspecified atom stereocenters. The fourth-order valence-corrected chi connectivity index (χ4v) is 2.60. The lowest BCUT2D eigenvalue weighted by atomic mass is 10.1.